The summed E-state index contributed by atoms with van der Waals surface area (Å²) in [6, 6.07) is 8.35. The van der Waals surface area contributed by atoms with Crippen molar-refractivity contribution in [1.82, 2.24) is 5.32 Å². The molecule has 1 aromatic rings. The second-order valence-electron chi connectivity index (χ2n) is 4.33. The Morgan fingerprint density at radius 1 is 1.11 bits per heavy atom. The Morgan fingerprint density at radius 3 is 2.33 bits per heavy atom. The Kier molecular flexibility index (Phi) is 7.26. The standard InChI is InChI=1S/C15H25NO2/c1-4-13(16-5-2)7-6-12-18-15-10-8-14(17-3)9-11-15/h8-11,13,16H,4-7,12H2,1-3H3. The predicted molar refractivity (Wildman–Crippen MR) is 75.5 cm³/mol. The van der Waals surface area contributed by atoms with Crippen molar-refractivity contribution in [3.63, 3.8) is 0 Å². The average Bonchev–Trinajstić information content (AvgIpc) is 2.43. The molecule has 0 aliphatic rings. The molecule has 1 rings (SSSR count). The van der Waals surface area contributed by atoms with E-state index in [-0.39, 0.29) is 0 Å². The van der Waals surface area contributed by atoms with Gasteiger partial charge in [0.05, 0.1) is 13.7 Å². The maximum absolute atomic E-state index is 5.70. The van der Waals surface area contributed by atoms with Crippen molar-refractivity contribution >= 4 is 0 Å². The van der Waals surface area contributed by atoms with Crippen LogP contribution in [0.2, 0.25) is 0 Å². The third-order valence-electron chi connectivity index (χ3n) is 3.01. The second kappa shape index (κ2) is 8.81. The van der Waals surface area contributed by atoms with Gasteiger partial charge in [-0.1, -0.05) is 13.8 Å². The fourth-order valence-electron chi connectivity index (χ4n) is 1.93. The molecule has 0 bridgehead atoms. The zero-order valence-corrected chi connectivity index (χ0v) is 11.7. The minimum Gasteiger partial charge on any atom is -0.497 e. The van der Waals surface area contributed by atoms with Crippen molar-refractivity contribution in [2.24, 2.45) is 0 Å². The Bertz CT molecular complexity index is 311. The molecule has 3 heteroatoms. The quantitative estimate of drug-likeness (QED) is 0.683. The molecule has 0 spiro atoms. The van der Waals surface area contributed by atoms with Gasteiger partial charge in [0, 0.05) is 6.04 Å². The van der Waals surface area contributed by atoms with E-state index in [4.69, 9.17) is 9.47 Å². The third kappa shape index (κ3) is 5.41. The lowest BCUT2D eigenvalue weighted by Crippen LogP contribution is -2.28. The van der Waals surface area contributed by atoms with E-state index in [1.165, 1.54) is 12.8 Å². The fourth-order valence-corrected chi connectivity index (χ4v) is 1.93. The van der Waals surface area contributed by atoms with Gasteiger partial charge in [-0.2, -0.15) is 0 Å². The van der Waals surface area contributed by atoms with E-state index in [9.17, 15) is 0 Å². The summed E-state index contributed by atoms with van der Waals surface area (Å²) in [5.41, 5.74) is 0. The van der Waals surface area contributed by atoms with E-state index < -0.39 is 0 Å². The molecule has 0 amide bonds. The number of rotatable bonds is 9. The normalized spacial score (nSPS) is 12.2. The minimum absolute atomic E-state index is 0.620. The van der Waals surface area contributed by atoms with Crippen LogP contribution in [0.1, 0.15) is 33.1 Å². The molecule has 102 valence electrons. The highest BCUT2D eigenvalue weighted by Crippen LogP contribution is 2.17. The molecule has 1 N–H and O–H groups in total. The molecule has 3 nitrogen and oxygen atoms in total. The van der Waals surface area contributed by atoms with Gasteiger partial charge in [0.2, 0.25) is 0 Å². The van der Waals surface area contributed by atoms with Gasteiger partial charge in [-0.25, -0.2) is 0 Å². The predicted octanol–water partition coefficient (Wildman–Crippen LogP) is 3.24. The largest absolute Gasteiger partial charge is 0.497 e. The van der Waals surface area contributed by atoms with Crippen molar-refractivity contribution in [2.45, 2.75) is 39.2 Å². The smallest absolute Gasteiger partial charge is 0.119 e. The molecule has 0 aliphatic carbocycles. The van der Waals surface area contributed by atoms with Crippen LogP contribution in [-0.4, -0.2) is 26.3 Å². The van der Waals surface area contributed by atoms with Gasteiger partial charge < -0.3 is 14.8 Å². The molecule has 0 saturated carbocycles. The summed E-state index contributed by atoms with van der Waals surface area (Å²) in [4.78, 5) is 0. The fraction of sp³-hybridized carbons (Fsp3) is 0.600. The SMILES string of the molecule is CCNC(CC)CCCOc1ccc(OC)cc1. The molecule has 0 radical (unpaired) electrons. The Morgan fingerprint density at radius 2 is 1.78 bits per heavy atom. The van der Waals surface area contributed by atoms with E-state index in [0.717, 1.165) is 31.1 Å². The molecule has 0 aliphatic heterocycles. The van der Waals surface area contributed by atoms with E-state index >= 15 is 0 Å². The lowest BCUT2D eigenvalue weighted by atomic mass is 10.1. The monoisotopic (exact) mass is 251 g/mol. The lowest BCUT2D eigenvalue weighted by Gasteiger charge is -2.15. The molecule has 0 saturated heterocycles. The first-order chi connectivity index (χ1) is 8.80. The zero-order valence-electron chi connectivity index (χ0n) is 11.7. The molecule has 1 aromatic carbocycles. The first kappa shape index (κ1) is 14.8. The number of ether oxygens (including phenoxy) is 2. The highest BCUT2D eigenvalue weighted by molar-refractivity contribution is 5.31. The summed E-state index contributed by atoms with van der Waals surface area (Å²) in [5.74, 6) is 1.77. The summed E-state index contributed by atoms with van der Waals surface area (Å²) in [6.45, 7) is 6.18. The molecule has 0 heterocycles. The summed E-state index contributed by atoms with van der Waals surface area (Å²) < 4.78 is 10.8. The van der Waals surface area contributed by atoms with Crippen LogP contribution in [0.5, 0.6) is 11.5 Å². The second-order valence-corrected chi connectivity index (χ2v) is 4.33. The Labute approximate surface area is 110 Å². The number of benzene rings is 1. The van der Waals surface area contributed by atoms with Gasteiger partial charge >= 0.3 is 0 Å². The van der Waals surface area contributed by atoms with Crippen LogP contribution in [0.3, 0.4) is 0 Å². The van der Waals surface area contributed by atoms with Gasteiger partial charge in [-0.15, -0.1) is 0 Å². The van der Waals surface area contributed by atoms with Gasteiger partial charge in [-0.05, 0) is 50.1 Å². The van der Waals surface area contributed by atoms with Crippen molar-refractivity contribution in [3.8, 4) is 11.5 Å². The van der Waals surface area contributed by atoms with Crippen molar-refractivity contribution in [1.29, 1.82) is 0 Å². The van der Waals surface area contributed by atoms with Crippen LogP contribution in [0.4, 0.5) is 0 Å². The number of hydrogen-bond donors (Lipinski definition) is 1. The van der Waals surface area contributed by atoms with Crippen LogP contribution in [0.25, 0.3) is 0 Å². The molecule has 18 heavy (non-hydrogen) atoms. The Hall–Kier alpha value is -1.22. The maximum Gasteiger partial charge on any atom is 0.119 e. The topological polar surface area (TPSA) is 30.5 Å². The minimum atomic E-state index is 0.620. The molecular formula is C15H25NO2. The van der Waals surface area contributed by atoms with E-state index in [1.807, 2.05) is 24.3 Å². The van der Waals surface area contributed by atoms with Crippen LogP contribution < -0.4 is 14.8 Å². The number of methoxy groups -OCH3 is 1. The van der Waals surface area contributed by atoms with Gasteiger partial charge in [0.25, 0.3) is 0 Å². The van der Waals surface area contributed by atoms with Gasteiger partial charge in [-0.3, -0.25) is 0 Å². The van der Waals surface area contributed by atoms with Crippen LogP contribution in [-0.2, 0) is 0 Å². The lowest BCUT2D eigenvalue weighted by molar-refractivity contribution is 0.294. The summed E-state index contributed by atoms with van der Waals surface area (Å²) >= 11 is 0. The summed E-state index contributed by atoms with van der Waals surface area (Å²) in [6.07, 6.45) is 3.43. The molecule has 1 unspecified atom stereocenters. The molecule has 0 fully saturated rings. The van der Waals surface area contributed by atoms with Crippen LogP contribution >= 0.6 is 0 Å². The average molecular weight is 251 g/mol. The maximum atomic E-state index is 5.70. The number of hydrogen-bond acceptors (Lipinski definition) is 3. The Balaban J connectivity index is 2.20. The molecular weight excluding hydrogens is 226 g/mol. The first-order valence-corrected chi connectivity index (χ1v) is 6.80. The van der Waals surface area contributed by atoms with E-state index in [0.29, 0.717) is 6.04 Å². The highest BCUT2D eigenvalue weighted by atomic mass is 16.5. The zero-order chi connectivity index (χ0) is 13.2. The van der Waals surface area contributed by atoms with Crippen molar-refractivity contribution in [2.75, 3.05) is 20.3 Å². The molecule has 0 aromatic heterocycles. The van der Waals surface area contributed by atoms with Crippen molar-refractivity contribution < 1.29 is 9.47 Å². The van der Waals surface area contributed by atoms with Gasteiger partial charge in [0.1, 0.15) is 11.5 Å². The van der Waals surface area contributed by atoms with E-state index in [2.05, 4.69) is 19.2 Å². The summed E-state index contributed by atoms with van der Waals surface area (Å²) in [5, 5.41) is 3.47. The van der Waals surface area contributed by atoms with E-state index in [1.54, 1.807) is 7.11 Å². The number of nitrogens with one attached hydrogen (secondary N) is 1. The van der Waals surface area contributed by atoms with Crippen LogP contribution in [0, 0.1) is 0 Å². The van der Waals surface area contributed by atoms with Crippen molar-refractivity contribution in [3.05, 3.63) is 24.3 Å². The molecule has 1 atom stereocenters. The first-order valence-electron chi connectivity index (χ1n) is 6.80. The van der Waals surface area contributed by atoms with Crippen LogP contribution in [0.15, 0.2) is 24.3 Å². The highest BCUT2D eigenvalue weighted by Gasteiger charge is 2.03. The van der Waals surface area contributed by atoms with Gasteiger partial charge in [0.15, 0.2) is 0 Å². The third-order valence-corrected chi connectivity index (χ3v) is 3.01. The summed E-state index contributed by atoms with van der Waals surface area (Å²) in [7, 11) is 1.67.